The first-order chi connectivity index (χ1) is 12.6. The van der Waals surface area contributed by atoms with Crippen molar-refractivity contribution in [3.63, 3.8) is 0 Å². The predicted octanol–water partition coefficient (Wildman–Crippen LogP) is 3.14. The molecule has 150 valence electrons. The van der Waals surface area contributed by atoms with Crippen LogP contribution in [0.1, 0.15) is 45.3 Å². The molecule has 0 aromatic heterocycles. The topological polar surface area (TPSA) is 68.2 Å². The maximum absolute atomic E-state index is 14.2. The highest BCUT2D eigenvalue weighted by atomic mass is 19.1. The van der Waals surface area contributed by atoms with Gasteiger partial charge in [0, 0.05) is 31.0 Å². The lowest BCUT2D eigenvalue weighted by Crippen LogP contribution is -2.56. The van der Waals surface area contributed by atoms with E-state index in [1.54, 1.807) is 20.8 Å². The van der Waals surface area contributed by atoms with E-state index >= 15 is 0 Å². The van der Waals surface area contributed by atoms with E-state index in [9.17, 15) is 18.7 Å². The number of hydrogen-bond acceptors (Lipinski definition) is 5. The zero-order valence-corrected chi connectivity index (χ0v) is 15.7. The van der Waals surface area contributed by atoms with E-state index < -0.39 is 41.3 Å². The van der Waals surface area contributed by atoms with Gasteiger partial charge in [0.1, 0.15) is 23.3 Å². The first-order valence-electron chi connectivity index (χ1n) is 9.01. The molecule has 0 saturated carbocycles. The fourth-order valence-electron chi connectivity index (χ4n) is 3.52. The summed E-state index contributed by atoms with van der Waals surface area (Å²) in [6.07, 6.45) is -1.42. The second kappa shape index (κ2) is 7.33. The van der Waals surface area contributed by atoms with Crippen molar-refractivity contribution < 1.29 is 32.9 Å². The predicted molar refractivity (Wildman–Crippen MR) is 91.9 cm³/mol. The summed E-state index contributed by atoms with van der Waals surface area (Å²) in [4.78, 5) is 14.0. The van der Waals surface area contributed by atoms with Crippen LogP contribution in [0.25, 0.3) is 0 Å². The maximum Gasteiger partial charge on any atom is 0.410 e. The average molecular weight is 385 g/mol. The Morgan fingerprint density at radius 3 is 2.59 bits per heavy atom. The second-order valence-electron chi connectivity index (χ2n) is 7.91. The van der Waals surface area contributed by atoms with Crippen molar-refractivity contribution in [2.75, 3.05) is 19.8 Å². The first-order valence-corrected chi connectivity index (χ1v) is 9.01. The molecule has 1 N–H and O–H groups in total. The number of hydrogen-bond donors (Lipinski definition) is 1. The lowest BCUT2D eigenvalue weighted by Gasteiger charge is -2.45. The van der Waals surface area contributed by atoms with Gasteiger partial charge in [0.15, 0.2) is 5.79 Å². The van der Waals surface area contributed by atoms with E-state index in [0.717, 1.165) is 6.07 Å². The van der Waals surface area contributed by atoms with E-state index in [1.165, 1.54) is 11.0 Å². The van der Waals surface area contributed by atoms with Gasteiger partial charge in [-0.15, -0.1) is 0 Å². The Morgan fingerprint density at radius 1 is 1.33 bits per heavy atom. The molecule has 2 fully saturated rings. The summed E-state index contributed by atoms with van der Waals surface area (Å²) in [6, 6.07) is 2.12. The normalized spacial score (nSPS) is 23.5. The first kappa shape index (κ1) is 20.0. The molecule has 27 heavy (non-hydrogen) atoms. The third-order valence-corrected chi connectivity index (χ3v) is 4.74. The molecule has 2 saturated heterocycles. The number of piperidine rings is 1. The summed E-state index contributed by atoms with van der Waals surface area (Å²) >= 11 is 0. The number of carbonyl (C=O) groups is 1. The van der Waals surface area contributed by atoms with Gasteiger partial charge >= 0.3 is 6.09 Å². The van der Waals surface area contributed by atoms with Crippen molar-refractivity contribution in [3.05, 3.63) is 35.4 Å². The minimum atomic E-state index is -1.39. The van der Waals surface area contributed by atoms with Crippen LogP contribution in [-0.2, 0) is 14.2 Å². The zero-order valence-electron chi connectivity index (χ0n) is 15.7. The van der Waals surface area contributed by atoms with Crippen molar-refractivity contribution in [1.29, 1.82) is 0 Å². The third kappa shape index (κ3) is 4.39. The van der Waals surface area contributed by atoms with Gasteiger partial charge in [0.05, 0.1) is 19.3 Å². The molecule has 2 atom stereocenters. The Labute approximate surface area is 157 Å². The van der Waals surface area contributed by atoms with Crippen molar-refractivity contribution in [2.45, 2.75) is 57.1 Å². The summed E-state index contributed by atoms with van der Waals surface area (Å²) < 4.78 is 44.3. The van der Waals surface area contributed by atoms with Crippen LogP contribution in [0.4, 0.5) is 13.6 Å². The van der Waals surface area contributed by atoms with Gasteiger partial charge in [0.25, 0.3) is 0 Å². The van der Waals surface area contributed by atoms with Gasteiger partial charge < -0.3 is 24.2 Å². The largest absolute Gasteiger partial charge is 0.444 e. The molecular formula is C19H25F2NO5. The van der Waals surface area contributed by atoms with Crippen LogP contribution in [-0.4, -0.2) is 53.3 Å². The maximum atomic E-state index is 14.2. The lowest BCUT2D eigenvalue weighted by molar-refractivity contribution is -0.203. The highest BCUT2D eigenvalue weighted by Crippen LogP contribution is 2.40. The second-order valence-corrected chi connectivity index (χ2v) is 7.91. The minimum Gasteiger partial charge on any atom is -0.444 e. The van der Waals surface area contributed by atoms with Crippen LogP contribution in [0.2, 0.25) is 0 Å². The van der Waals surface area contributed by atoms with Gasteiger partial charge in [-0.05, 0) is 26.8 Å². The molecule has 1 spiro atoms. The SMILES string of the molecule is CC(C)(C)OC(=O)N1CCC2(CC1C(O)c1ccc(F)cc1F)OCCO2. The van der Waals surface area contributed by atoms with E-state index in [0.29, 0.717) is 25.7 Å². The van der Waals surface area contributed by atoms with Gasteiger partial charge in [-0.25, -0.2) is 13.6 Å². The number of likely N-dealkylation sites (tertiary alicyclic amines) is 1. The van der Waals surface area contributed by atoms with Crippen LogP contribution in [0.3, 0.4) is 0 Å². The van der Waals surface area contributed by atoms with Gasteiger partial charge in [0.2, 0.25) is 0 Å². The number of amides is 1. The molecule has 1 aromatic carbocycles. The molecule has 6 nitrogen and oxygen atoms in total. The molecule has 0 bridgehead atoms. The van der Waals surface area contributed by atoms with Gasteiger partial charge in [-0.2, -0.15) is 0 Å². The van der Waals surface area contributed by atoms with Crippen LogP contribution >= 0.6 is 0 Å². The molecule has 1 amide bonds. The Bertz CT molecular complexity index is 700. The number of rotatable bonds is 2. The molecule has 2 heterocycles. The Balaban J connectivity index is 1.89. The van der Waals surface area contributed by atoms with Crippen LogP contribution in [0.15, 0.2) is 18.2 Å². The van der Waals surface area contributed by atoms with E-state index in [1.807, 2.05) is 0 Å². The van der Waals surface area contributed by atoms with Crippen LogP contribution in [0.5, 0.6) is 0 Å². The summed E-state index contributed by atoms with van der Waals surface area (Å²) in [5.41, 5.74) is -0.812. The number of aliphatic hydroxyl groups excluding tert-OH is 1. The molecule has 1 aromatic rings. The zero-order chi connectivity index (χ0) is 19.8. The highest BCUT2D eigenvalue weighted by molar-refractivity contribution is 5.69. The number of benzene rings is 1. The fourth-order valence-corrected chi connectivity index (χ4v) is 3.52. The summed E-state index contributed by atoms with van der Waals surface area (Å²) in [5.74, 6) is -2.53. The molecule has 0 radical (unpaired) electrons. The van der Waals surface area contributed by atoms with Gasteiger partial charge in [-0.3, -0.25) is 0 Å². The standard InChI is InChI=1S/C19H25F2NO5/c1-18(2,3)27-17(24)22-7-6-19(25-8-9-26-19)11-15(22)16(23)13-5-4-12(20)10-14(13)21/h4-5,10,15-16,23H,6-9,11H2,1-3H3. The van der Waals surface area contributed by atoms with Gasteiger partial charge in [-0.1, -0.05) is 6.07 Å². The minimum absolute atomic E-state index is 0.0926. The number of ether oxygens (including phenoxy) is 3. The van der Waals surface area contributed by atoms with E-state index in [-0.39, 0.29) is 18.5 Å². The van der Waals surface area contributed by atoms with Crippen molar-refractivity contribution in [2.24, 2.45) is 0 Å². The summed E-state index contributed by atoms with van der Waals surface area (Å²) in [6.45, 7) is 6.28. The number of aliphatic hydroxyl groups is 1. The lowest BCUT2D eigenvalue weighted by atomic mass is 9.89. The molecule has 2 aliphatic rings. The van der Waals surface area contributed by atoms with Crippen molar-refractivity contribution in [1.82, 2.24) is 4.90 Å². The molecule has 0 aliphatic carbocycles. The third-order valence-electron chi connectivity index (χ3n) is 4.74. The van der Waals surface area contributed by atoms with E-state index in [2.05, 4.69) is 0 Å². The van der Waals surface area contributed by atoms with E-state index in [4.69, 9.17) is 14.2 Å². The van der Waals surface area contributed by atoms with Crippen LogP contribution < -0.4 is 0 Å². The molecule has 2 aliphatic heterocycles. The summed E-state index contributed by atoms with van der Waals surface area (Å²) in [5, 5.41) is 10.9. The molecular weight excluding hydrogens is 360 g/mol. The number of carbonyl (C=O) groups excluding carboxylic acids is 1. The summed E-state index contributed by atoms with van der Waals surface area (Å²) in [7, 11) is 0. The van der Waals surface area contributed by atoms with Crippen LogP contribution in [0, 0.1) is 11.6 Å². The molecule has 3 rings (SSSR count). The number of halogens is 2. The quantitative estimate of drug-likeness (QED) is 0.847. The molecule has 8 heteroatoms. The monoisotopic (exact) mass is 385 g/mol. The Kier molecular flexibility index (Phi) is 5.42. The van der Waals surface area contributed by atoms with Crippen molar-refractivity contribution >= 4 is 6.09 Å². The smallest absolute Gasteiger partial charge is 0.410 e. The fraction of sp³-hybridized carbons (Fsp3) is 0.632. The highest BCUT2D eigenvalue weighted by Gasteiger charge is 2.49. The average Bonchev–Trinajstić information content (AvgIpc) is 3.00. The van der Waals surface area contributed by atoms with Crippen molar-refractivity contribution in [3.8, 4) is 0 Å². The Morgan fingerprint density at radius 2 is 2.00 bits per heavy atom. The number of nitrogens with zero attached hydrogens (tertiary/aromatic N) is 1. The molecule has 2 unspecified atom stereocenters. The Hall–Kier alpha value is -1.77.